The summed E-state index contributed by atoms with van der Waals surface area (Å²) < 4.78 is 25.8. The van der Waals surface area contributed by atoms with E-state index >= 15 is 0 Å². The molecule has 0 saturated heterocycles. The number of phenolic OH excluding ortho intramolecular Hbond substituents is 1. The Morgan fingerprint density at radius 2 is 1.42 bits per heavy atom. The fourth-order valence-electron chi connectivity index (χ4n) is 2.95. The molecule has 0 spiro atoms. The third kappa shape index (κ3) is 2.06. The van der Waals surface area contributed by atoms with Crippen LogP contribution < -0.4 is 0 Å². The monoisotopic (exact) mass is 336 g/mol. The fourth-order valence-corrected chi connectivity index (χ4v) is 4.63. The Morgan fingerprint density at radius 3 is 2.21 bits per heavy atom. The summed E-state index contributed by atoms with van der Waals surface area (Å²) in [4.78, 5) is 12.6. The minimum absolute atomic E-state index is 0.00652. The minimum atomic E-state index is -3.76. The number of carbonyl (C=O) groups is 1. The number of hydrogen-bond acceptors (Lipinski definition) is 4. The van der Waals surface area contributed by atoms with Crippen LogP contribution in [0.25, 0.3) is 11.1 Å². The Balaban J connectivity index is 1.97. The van der Waals surface area contributed by atoms with Gasteiger partial charge in [0.25, 0.3) is 0 Å². The highest BCUT2D eigenvalue weighted by Crippen LogP contribution is 2.36. The normalized spacial score (nSPS) is 14.8. The molecule has 1 N–H and O–H groups in total. The summed E-state index contributed by atoms with van der Waals surface area (Å²) in [6.45, 7) is 0. The van der Waals surface area contributed by atoms with E-state index in [0.29, 0.717) is 11.1 Å². The summed E-state index contributed by atoms with van der Waals surface area (Å²) in [7, 11) is -3.76. The fraction of sp³-hybridized carbons (Fsp3) is 0. The van der Waals surface area contributed by atoms with Crippen LogP contribution in [-0.2, 0) is 9.84 Å². The van der Waals surface area contributed by atoms with Crippen LogP contribution in [0, 0.1) is 0 Å². The molecule has 1 aliphatic heterocycles. The van der Waals surface area contributed by atoms with E-state index in [1.807, 2.05) is 0 Å². The van der Waals surface area contributed by atoms with Crippen LogP contribution in [0.2, 0.25) is 0 Å². The van der Waals surface area contributed by atoms with Gasteiger partial charge in [-0.1, -0.05) is 30.3 Å². The van der Waals surface area contributed by atoms with Crippen molar-refractivity contribution in [1.82, 2.24) is 0 Å². The number of sulfone groups is 1. The first-order chi connectivity index (χ1) is 11.5. The molecule has 3 aromatic carbocycles. The maximum absolute atomic E-state index is 12.9. The van der Waals surface area contributed by atoms with E-state index in [9.17, 15) is 18.3 Å². The second-order valence-electron chi connectivity index (χ2n) is 5.59. The molecule has 24 heavy (non-hydrogen) atoms. The van der Waals surface area contributed by atoms with Gasteiger partial charge < -0.3 is 5.11 Å². The summed E-state index contributed by atoms with van der Waals surface area (Å²) >= 11 is 0. The molecular formula is C19H12O4S. The van der Waals surface area contributed by atoms with Crippen molar-refractivity contribution in [3.63, 3.8) is 0 Å². The molecule has 0 atom stereocenters. The number of benzene rings is 3. The quantitative estimate of drug-likeness (QED) is 0.578. The van der Waals surface area contributed by atoms with Gasteiger partial charge in [-0.05, 0) is 47.5 Å². The number of carbonyl (C=O) groups excluding carboxylic acids is 1. The maximum atomic E-state index is 12.9. The van der Waals surface area contributed by atoms with Gasteiger partial charge in [0.05, 0.1) is 9.79 Å². The topological polar surface area (TPSA) is 71.4 Å². The molecule has 0 bridgehead atoms. The van der Waals surface area contributed by atoms with Gasteiger partial charge >= 0.3 is 0 Å². The van der Waals surface area contributed by atoms with Crippen LogP contribution in [0.15, 0.2) is 76.5 Å². The first-order valence-corrected chi connectivity index (χ1v) is 8.79. The van der Waals surface area contributed by atoms with Gasteiger partial charge in [-0.15, -0.1) is 0 Å². The molecule has 4 rings (SSSR count). The zero-order valence-corrected chi connectivity index (χ0v) is 13.2. The number of fused-ring (bicyclic) bond motifs is 2. The number of ketones is 1. The van der Waals surface area contributed by atoms with Gasteiger partial charge in [-0.2, -0.15) is 0 Å². The average Bonchev–Trinajstić information content (AvgIpc) is 2.60. The Morgan fingerprint density at radius 1 is 0.708 bits per heavy atom. The molecule has 4 nitrogen and oxygen atoms in total. The summed E-state index contributed by atoms with van der Waals surface area (Å²) in [5.41, 5.74) is 1.69. The second-order valence-corrected chi connectivity index (χ2v) is 7.48. The molecule has 0 radical (unpaired) electrons. The Kier molecular flexibility index (Phi) is 3.08. The van der Waals surface area contributed by atoms with Gasteiger partial charge in [0, 0.05) is 11.1 Å². The first kappa shape index (κ1) is 14.7. The van der Waals surface area contributed by atoms with Crippen molar-refractivity contribution >= 4 is 15.6 Å². The number of hydrogen-bond donors (Lipinski definition) is 1. The average molecular weight is 336 g/mol. The largest absolute Gasteiger partial charge is 0.508 e. The molecule has 0 fully saturated rings. The zero-order valence-electron chi connectivity index (χ0n) is 12.4. The standard InChI is InChI=1S/C19H12O4S/c20-14-5-3-4-12(10-14)13-8-9-16-18(11-13)24(22,23)17-7-2-1-6-15(17)19(16)21/h1-11,20H. The van der Waals surface area contributed by atoms with E-state index < -0.39 is 9.84 Å². The Hall–Kier alpha value is -2.92. The van der Waals surface area contributed by atoms with E-state index in [1.165, 1.54) is 24.3 Å². The van der Waals surface area contributed by atoms with E-state index in [4.69, 9.17) is 0 Å². The molecule has 3 aromatic rings. The van der Waals surface area contributed by atoms with Crippen molar-refractivity contribution in [1.29, 1.82) is 0 Å². The summed E-state index contributed by atoms with van der Waals surface area (Å²) in [5, 5.41) is 9.62. The zero-order chi connectivity index (χ0) is 16.9. The van der Waals surface area contributed by atoms with Gasteiger partial charge in [0.15, 0.2) is 5.78 Å². The van der Waals surface area contributed by atoms with Crippen LogP contribution in [0.4, 0.5) is 0 Å². The molecule has 1 heterocycles. The lowest BCUT2D eigenvalue weighted by molar-refractivity contribution is 0.103. The third-order valence-corrected chi connectivity index (χ3v) is 5.97. The van der Waals surface area contributed by atoms with Crippen molar-refractivity contribution in [3.05, 3.63) is 77.9 Å². The van der Waals surface area contributed by atoms with Crippen molar-refractivity contribution in [2.24, 2.45) is 0 Å². The van der Waals surface area contributed by atoms with Gasteiger partial charge in [-0.25, -0.2) is 8.42 Å². The van der Waals surface area contributed by atoms with Crippen LogP contribution in [-0.4, -0.2) is 19.3 Å². The van der Waals surface area contributed by atoms with Crippen LogP contribution in [0.3, 0.4) is 0 Å². The lowest BCUT2D eigenvalue weighted by Crippen LogP contribution is -2.20. The minimum Gasteiger partial charge on any atom is -0.508 e. The van der Waals surface area contributed by atoms with E-state index in [0.717, 1.165) is 0 Å². The van der Waals surface area contributed by atoms with Gasteiger partial charge in [0.2, 0.25) is 9.84 Å². The number of rotatable bonds is 1. The predicted molar refractivity (Wildman–Crippen MR) is 88.9 cm³/mol. The van der Waals surface area contributed by atoms with E-state index in [2.05, 4.69) is 0 Å². The molecule has 1 aliphatic rings. The van der Waals surface area contributed by atoms with Crippen molar-refractivity contribution in [2.75, 3.05) is 0 Å². The summed E-state index contributed by atoms with van der Waals surface area (Å²) in [6, 6.07) is 17.5. The van der Waals surface area contributed by atoms with E-state index in [-0.39, 0.29) is 32.5 Å². The van der Waals surface area contributed by atoms with Crippen LogP contribution in [0.1, 0.15) is 15.9 Å². The SMILES string of the molecule is O=C1c2ccccc2S(=O)(=O)c2cc(-c3cccc(O)c3)ccc21. The second kappa shape index (κ2) is 5.04. The Labute approximate surface area is 138 Å². The molecule has 0 aliphatic carbocycles. The highest BCUT2D eigenvalue weighted by atomic mass is 32.2. The van der Waals surface area contributed by atoms with Crippen LogP contribution >= 0.6 is 0 Å². The summed E-state index contributed by atoms with van der Waals surface area (Å²) in [5.74, 6) is -0.201. The molecule has 0 saturated carbocycles. The molecule has 5 heteroatoms. The smallest absolute Gasteiger partial charge is 0.208 e. The maximum Gasteiger partial charge on any atom is 0.208 e. The predicted octanol–water partition coefficient (Wildman–Crippen LogP) is 3.44. The molecule has 0 unspecified atom stereocenters. The van der Waals surface area contributed by atoms with Crippen molar-refractivity contribution in [3.8, 4) is 16.9 Å². The first-order valence-electron chi connectivity index (χ1n) is 7.31. The lowest BCUT2D eigenvalue weighted by Gasteiger charge is -2.19. The van der Waals surface area contributed by atoms with Crippen molar-refractivity contribution < 1.29 is 18.3 Å². The number of phenols is 1. The lowest BCUT2D eigenvalue weighted by atomic mass is 9.98. The molecule has 0 amide bonds. The van der Waals surface area contributed by atoms with Gasteiger partial charge in [-0.3, -0.25) is 4.79 Å². The van der Waals surface area contributed by atoms with Crippen LogP contribution in [0.5, 0.6) is 5.75 Å². The highest BCUT2D eigenvalue weighted by molar-refractivity contribution is 7.91. The summed E-state index contributed by atoms with van der Waals surface area (Å²) in [6.07, 6.45) is 0. The molecule has 0 aromatic heterocycles. The Bertz CT molecular complexity index is 1100. The van der Waals surface area contributed by atoms with Crippen molar-refractivity contribution in [2.45, 2.75) is 9.79 Å². The van der Waals surface area contributed by atoms with E-state index in [1.54, 1.807) is 42.5 Å². The third-order valence-electron chi connectivity index (χ3n) is 4.12. The van der Waals surface area contributed by atoms with Gasteiger partial charge in [0.1, 0.15) is 5.75 Å². The highest BCUT2D eigenvalue weighted by Gasteiger charge is 2.34. The molecule has 118 valence electrons. The molecular weight excluding hydrogens is 324 g/mol. The number of aromatic hydroxyl groups is 1.